The van der Waals surface area contributed by atoms with Crippen molar-refractivity contribution >= 4 is 29.1 Å². The fourth-order valence-electron chi connectivity index (χ4n) is 1.37. The molecule has 0 amide bonds. The van der Waals surface area contributed by atoms with Crippen LogP contribution in [-0.4, -0.2) is 11.1 Å². The molecule has 0 atom stereocenters. The van der Waals surface area contributed by atoms with Crippen LogP contribution in [-0.2, 0) is 5.75 Å². The predicted molar refractivity (Wildman–Crippen MR) is 67.2 cm³/mol. The lowest BCUT2D eigenvalue weighted by atomic mass is 10.2. The summed E-state index contributed by atoms with van der Waals surface area (Å²) in [5.74, 6) is -1.79. The van der Waals surface area contributed by atoms with E-state index in [0.29, 0.717) is 11.3 Å². The van der Waals surface area contributed by atoms with Crippen molar-refractivity contribution in [3.63, 3.8) is 0 Å². The zero-order valence-corrected chi connectivity index (χ0v) is 10.7. The Kier molecular flexibility index (Phi) is 3.98. The van der Waals surface area contributed by atoms with E-state index in [1.807, 2.05) is 0 Å². The number of carboxylic acid groups (broad SMARTS) is 1. The number of hydrogen-bond donors (Lipinski definition) is 1. The first-order valence-corrected chi connectivity index (χ1v) is 6.81. The molecule has 0 aliphatic heterocycles. The van der Waals surface area contributed by atoms with Gasteiger partial charge in [0.25, 0.3) is 0 Å². The van der Waals surface area contributed by atoms with E-state index in [2.05, 4.69) is 0 Å². The summed E-state index contributed by atoms with van der Waals surface area (Å²) in [6.07, 6.45) is 0. The lowest BCUT2D eigenvalue weighted by Crippen LogP contribution is -1.90. The molecule has 6 heteroatoms. The molecule has 2 nitrogen and oxygen atoms in total. The minimum atomic E-state index is -0.969. The second kappa shape index (κ2) is 5.49. The Labute approximate surface area is 110 Å². The summed E-state index contributed by atoms with van der Waals surface area (Å²) in [5.41, 5.74) is 0.528. The van der Waals surface area contributed by atoms with Gasteiger partial charge in [-0.2, -0.15) is 0 Å². The van der Waals surface area contributed by atoms with Gasteiger partial charge in [0.1, 0.15) is 16.5 Å². The van der Waals surface area contributed by atoms with Crippen LogP contribution in [0.4, 0.5) is 8.78 Å². The van der Waals surface area contributed by atoms with Crippen molar-refractivity contribution in [2.45, 2.75) is 10.6 Å². The van der Waals surface area contributed by atoms with E-state index in [0.717, 1.165) is 22.3 Å². The molecule has 0 aliphatic carbocycles. The molecule has 0 aliphatic rings. The second-order valence-electron chi connectivity index (χ2n) is 3.52. The molecule has 1 heterocycles. The number of thiophene rings is 1. The van der Waals surface area contributed by atoms with Gasteiger partial charge in [0.2, 0.25) is 0 Å². The molecular formula is C12H8F2O2S2. The summed E-state index contributed by atoms with van der Waals surface area (Å²) in [6, 6.07) is 4.90. The molecule has 1 aromatic heterocycles. The normalized spacial score (nSPS) is 10.6. The molecule has 1 aromatic carbocycles. The monoisotopic (exact) mass is 286 g/mol. The number of halogens is 2. The van der Waals surface area contributed by atoms with Crippen LogP contribution in [0.5, 0.6) is 0 Å². The van der Waals surface area contributed by atoms with Crippen molar-refractivity contribution in [1.82, 2.24) is 0 Å². The molecule has 0 unspecified atom stereocenters. The van der Waals surface area contributed by atoms with Crippen molar-refractivity contribution in [3.05, 3.63) is 51.7 Å². The van der Waals surface area contributed by atoms with Gasteiger partial charge in [-0.25, -0.2) is 13.6 Å². The summed E-state index contributed by atoms with van der Waals surface area (Å²) in [5, 5.41) is 10.5. The van der Waals surface area contributed by atoms with Gasteiger partial charge >= 0.3 is 5.97 Å². The average molecular weight is 286 g/mol. The van der Waals surface area contributed by atoms with Gasteiger partial charge < -0.3 is 5.11 Å². The zero-order chi connectivity index (χ0) is 13.1. The van der Waals surface area contributed by atoms with Gasteiger partial charge in [-0.3, -0.25) is 0 Å². The van der Waals surface area contributed by atoms with Crippen molar-refractivity contribution in [3.8, 4) is 0 Å². The highest BCUT2D eigenvalue weighted by Gasteiger charge is 2.08. The summed E-state index contributed by atoms with van der Waals surface area (Å²) in [6.45, 7) is 0. The molecule has 2 aromatic rings. The van der Waals surface area contributed by atoms with E-state index in [1.54, 1.807) is 11.4 Å². The number of benzene rings is 1. The van der Waals surface area contributed by atoms with E-state index in [1.165, 1.54) is 23.9 Å². The van der Waals surface area contributed by atoms with Gasteiger partial charge in [0, 0.05) is 22.1 Å². The maximum absolute atomic E-state index is 12.9. The lowest BCUT2D eigenvalue weighted by molar-refractivity contribution is 0.0702. The molecule has 18 heavy (non-hydrogen) atoms. The molecule has 1 N–H and O–H groups in total. The number of thioether (sulfide) groups is 1. The van der Waals surface area contributed by atoms with Gasteiger partial charge in [-0.1, -0.05) is 0 Å². The number of rotatable bonds is 4. The SMILES string of the molecule is O=C(O)c1cc(SCc2cc(F)cc(F)c2)cs1. The lowest BCUT2D eigenvalue weighted by Gasteiger charge is -2.00. The van der Waals surface area contributed by atoms with E-state index in [-0.39, 0.29) is 4.88 Å². The Hall–Kier alpha value is -1.40. The van der Waals surface area contributed by atoms with Gasteiger partial charge in [-0.05, 0) is 23.8 Å². The van der Waals surface area contributed by atoms with Crippen molar-refractivity contribution in [2.75, 3.05) is 0 Å². The molecule has 0 bridgehead atoms. The molecule has 0 fully saturated rings. The minimum Gasteiger partial charge on any atom is -0.477 e. The average Bonchev–Trinajstić information content (AvgIpc) is 2.73. The highest BCUT2D eigenvalue weighted by Crippen LogP contribution is 2.28. The third kappa shape index (κ3) is 3.30. The minimum absolute atomic E-state index is 0.253. The third-order valence-electron chi connectivity index (χ3n) is 2.11. The molecule has 0 saturated heterocycles. The Morgan fingerprint density at radius 3 is 2.44 bits per heavy atom. The van der Waals surface area contributed by atoms with E-state index in [4.69, 9.17) is 5.11 Å². The molecular weight excluding hydrogens is 278 g/mol. The van der Waals surface area contributed by atoms with Crippen molar-refractivity contribution in [2.24, 2.45) is 0 Å². The first-order valence-electron chi connectivity index (χ1n) is 4.94. The van der Waals surface area contributed by atoms with Crippen LogP contribution in [0.3, 0.4) is 0 Å². The van der Waals surface area contributed by atoms with Crippen molar-refractivity contribution in [1.29, 1.82) is 0 Å². The van der Waals surface area contributed by atoms with E-state index in [9.17, 15) is 13.6 Å². The van der Waals surface area contributed by atoms with Gasteiger partial charge in [0.05, 0.1) is 0 Å². The van der Waals surface area contributed by atoms with Gasteiger partial charge in [0.15, 0.2) is 0 Å². The number of carboxylic acids is 1. The largest absolute Gasteiger partial charge is 0.477 e. The Morgan fingerprint density at radius 1 is 1.22 bits per heavy atom. The summed E-state index contributed by atoms with van der Waals surface area (Å²) in [4.78, 5) is 11.7. The zero-order valence-electron chi connectivity index (χ0n) is 9.02. The Bertz CT molecular complexity index is 561. The Morgan fingerprint density at radius 2 is 1.89 bits per heavy atom. The summed E-state index contributed by atoms with van der Waals surface area (Å²) >= 11 is 2.47. The highest BCUT2D eigenvalue weighted by atomic mass is 32.2. The maximum Gasteiger partial charge on any atom is 0.345 e. The van der Waals surface area contributed by atoms with Crippen LogP contribution in [0, 0.1) is 11.6 Å². The van der Waals surface area contributed by atoms with Crippen LogP contribution in [0.2, 0.25) is 0 Å². The highest BCUT2D eigenvalue weighted by molar-refractivity contribution is 7.98. The first-order chi connectivity index (χ1) is 8.54. The number of carbonyl (C=O) groups is 1. The maximum atomic E-state index is 12.9. The molecule has 0 spiro atoms. The van der Waals surface area contributed by atoms with Crippen LogP contribution in [0.25, 0.3) is 0 Å². The second-order valence-corrected chi connectivity index (χ2v) is 5.48. The number of aromatic carboxylic acids is 1. The standard InChI is InChI=1S/C12H8F2O2S2/c13-8-1-7(2-9(14)3-8)5-17-10-4-11(12(15)16)18-6-10/h1-4,6H,5H2,(H,15,16). The van der Waals surface area contributed by atoms with E-state index >= 15 is 0 Å². The number of hydrogen-bond acceptors (Lipinski definition) is 3. The van der Waals surface area contributed by atoms with Crippen LogP contribution in [0.15, 0.2) is 34.5 Å². The topological polar surface area (TPSA) is 37.3 Å². The molecule has 0 radical (unpaired) electrons. The third-order valence-corrected chi connectivity index (χ3v) is 4.23. The van der Waals surface area contributed by atoms with Crippen LogP contribution >= 0.6 is 23.1 Å². The van der Waals surface area contributed by atoms with Gasteiger partial charge in [-0.15, -0.1) is 23.1 Å². The predicted octanol–water partition coefficient (Wildman–Crippen LogP) is 4.02. The van der Waals surface area contributed by atoms with Crippen molar-refractivity contribution < 1.29 is 18.7 Å². The first kappa shape index (κ1) is 13.0. The summed E-state index contributed by atoms with van der Waals surface area (Å²) in [7, 11) is 0. The Balaban J connectivity index is 2.04. The molecule has 94 valence electrons. The smallest absolute Gasteiger partial charge is 0.345 e. The fourth-order valence-corrected chi connectivity index (χ4v) is 3.17. The van der Waals surface area contributed by atoms with Crippen LogP contribution in [0.1, 0.15) is 15.2 Å². The fraction of sp³-hybridized carbons (Fsp3) is 0.0833. The molecule has 2 rings (SSSR count). The van der Waals surface area contributed by atoms with E-state index < -0.39 is 17.6 Å². The molecule has 0 saturated carbocycles. The van der Waals surface area contributed by atoms with Crippen LogP contribution < -0.4 is 0 Å². The summed E-state index contributed by atoms with van der Waals surface area (Å²) < 4.78 is 25.9. The quantitative estimate of drug-likeness (QED) is 0.863.